The van der Waals surface area contributed by atoms with Crippen molar-refractivity contribution in [2.24, 2.45) is 5.73 Å². The highest BCUT2D eigenvalue weighted by molar-refractivity contribution is 8.03. The topological polar surface area (TPSA) is 98.0 Å². The maximum absolute atomic E-state index is 11.8. The molecule has 2 rings (SSSR count). The first kappa shape index (κ1) is 16.8. The van der Waals surface area contributed by atoms with Crippen LogP contribution in [0.3, 0.4) is 0 Å². The summed E-state index contributed by atoms with van der Waals surface area (Å²) in [5.41, 5.74) is 6.12. The van der Waals surface area contributed by atoms with Gasteiger partial charge in [-0.3, -0.25) is 9.59 Å². The summed E-state index contributed by atoms with van der Waals surface area (Å²) < 4.78 is 1.37. The van der Waals surface area contributed by atoms with Gasteiger partial charge in [-0.1, -0.05) is 65.2 Å². The zero-order chi connectivity index (χ0) is 15.8. The number of hydrogen-bond acceptors (Lipinski definition) is 7. The Labute approximate surface area is 140 Å². The Kier molecular flexibility index (Phi) is 6.69. The van der Waals surface area contributed by atoms with Crippen LogP contribution in [0.15, 0.2) is 39.0 Å². The Hall–Kier alpha value is -1.58. The summed E-state index contributed by atoms with van der Waals surface area (Å²) in [6.07, 6.45) is 0. The molecular formula is C13H14N4O2S3. The number of amides is 2. The second kappa shape index (κ2) is 8.76. The molecule has 0 aliphatic rings. The monoisotopic (exact) mass is 354 g/mol. The van der Waals surface area contributed by atoms with Crippen LogP contribution in [0.1, 0.15) is 5.56 Å². The highest BCUT2D eigenvalue weighted by Gasteiger charge is 2.09. The van der Waals surface area contributed by atoms with Crippen LogP contribution in [-0.2, 0) is 16.1 Å². The first-order chi connectivity index (χ1) is 10.6. The largest absolute Gasteiger partial charge is 0.369 e. The van der Waals surface area contributed by atoms with E-state index in [1.807, 2.05) is 30.3 Å². The molecule has 0 atom stereocenters. The van der Waals surface area contributed by atoms with Crippen molar-refractivity contribution >= 4 is 46.7 Å². The standard InChI is InChI=1S/C13H14N4O2S3/c14-10(18)7-20-12-16-17-13(22-12)21-8-11(19)15-6-9-4-2-1-3-5-9/h1-5H,6-8H2,(H2,14,18)(H,15,19). The second-order valence-corrected chi connectivity index (χ2v) is 7.56. The number of aromatic nitrogens is 2. The minimum atomic E-state index is -0.394. The van der Waals surface area contributed by atoms with Crippen LogP contribution in [-0.4, -0.2) is 33.5 Å². The van der Waals surface area contributed by atoms with E-state index in [0.717, 1.165) is 5.56 Å². The van der Waals surface area contributed by atoms with E-state index in [0.29, 0.717) is 15.2 Å². The molecule has 9 heteroatoms. The SMILES string of the molecule is NC(=O)CSc1nnc(SCC(=O)NCc2ccccc2)s1. The summed E-state index contributed by atoms with van der Waals surface area (Å²) in [5, 5.41) is 10.7. The average Bonchev–Trinajstić information content (AvgIpc) is 2.98. The van der Waals surface area contributed by atoms with Gasteiger partial charge in [-0.15, -0.1) is 10.2 Å². The summed E-state index contributed by atoms with van der Waals surface area (Å²) >= 11 is 3.92. The number of nitrogens with two attached hydrogens (primary N) is 1. The van der Waals surface area contributed by atoms with E-state index >= 15 is 0 Å². The van der Waals surface area contributed by atoms with Crippen molar-refractivity contribution in [3.8, 4) is 0 Å². The molecule has 0 radical (unpaired) electrons. The van der Waals surface area contributed by atoms with Crippen LogP contribution in [0.5, 0.6) is 0 Å². The summed E-state index contributed by atoms with van der Waals surface area (Å²) in [7, 11) is 0. The minimum Gasteiger partial charge on any atom is -0.369 e. The Morgan fingerprint density at radius 1 is 1.09 bits per heavy atom. The van der Waals surface area contributed by atoms with E-state index in [2.05, 4.69) is 15.5 Å². The van der Waals surface area contributed by atoms with Gasteiger partial charge >= 0.3 is 0 Å². The van der Waals surface area contributed by atoms with Gasteiger partial charge < -0.3 is 11.1 Å². The van der Waals surface area contributed by atoms with Crippen LogP contribution >= 0.6 is 34.9 Å². The molecule has 116 valence electrons. The molecule has 0 spiro atoms. The van der Waals surface area contributed by atoms with E-state index in [9.17, 15) is 9.59 Å². The number of benzene rings is 1. The third kappa shape index (κ3) is 6.04. The van der Waals surface area contributed by atoms with Crippen LogP contribution in [0.4, 0.5) is 0 Å². The van der Waals surface area contributed by atoms with E-state index < -0.39 is 5.91 Å². The summed E-state index contributed by atoms with van der Waals surface area (Å²) in [5.74, 6) is 0.00353. The smallest absolute Gasteiger partial charge is 0.230 e. The van der Waals surface area contributed by atoms with Gasteiger partial charge in [0, 0.05) is 6.54 Å². The molecule has 1 aromatic carbocycles. The third-order valence-corrected chi connectivity index (χ3v) is 5.60. The average molecular weight is 354 g/mol. The van der Waals surface area contributed by atoms with E-state index in [1.165, 1.54) is 34.9 Å². The molecule has 6 nitrogen and oxygen atoms in total. The molecule has 0 saturated carbocycles. The predicted molar refractivity (Wildman–Crippen MR) is 88.8 cm³/mol. The Morgan fingerprint density at radius 3 is 2.36 bits per heavy atom. The maximum atomic E-state index is 11.8. The predicted octanol–water partition coefficient (Wildman–Crippen LogP) is 1.52. The number of nitrogens with zero attached hydrogens (tertiary/aromatic N) is 2. The van der Waals surface area contributed by atoms with Crippen molar-refractivity contribution in [2.45, 2.75) is 15.2 Å². The molecule has 3 N–H and O–H groups in total. The Balaban J connectivity index is 1.71. The van der Waals surface area contributed by atoms with Crippen LogP contribution < -0.4 is 11.1 Å². The van der Waals surface area contributed by atoms with Crippen LogP contribution in [0.2, 0.25) is 0 Å². The number of carbonyl (C=O) groups is 2. The fourth-order valence-electron chi connectivity index (χ4n) is 1.42. The maximum Gasteiger partial charge on any atom is 0.230 e. The molecule has 22 heavy (non-hydrogen) atoms. The number of carbonyl (C=O) groups excluding carboxylic acids is 2. The third-order valence-electron chi connectivity index (χ3n) is 2.39. The molecule has 0 aliphatic heterocycles. The molecule has 0 bridgehead atoms. The fourth-order valence-corrected chi connectivity index (χ4v) is 4.01. The van der Waals surface area contributed by atoms with E-state index in [-0.39, 0.29) is 17.4 Å². The molecule has 0 saturated heterocycles. The lowest BCUT2D eigenvalue weighted by Crippen LogP contribution is -2.24. The highest BCUT2D eigenvalue weighted by Crippen LogP contribution is 2.28. The fraction of sp³-hybridized carbons (Fsp3) is 0.231. The Morgan fingerprint density at radius 2 is 1.73 bits per heavy atom. The molecule has 0 aliphatic carbocycles. The van der Waals surface area contributed by atoms with Gasteiger partial charge in [-0.25, -0.2) is 0 Å². The zero-order valence-electron chi connectivity index (χ0n) is 11.5. The lowest BCUT2D eigenvalue weighted by atomic mass is 10.2. The number of hydrogen-bond donors (Lipinski definition) is 2. The van der Waals surface area contributed by atoms with Gasteiger partial charge in [0.05, 0.1) is 11.5 Å². The quantitative estimate of drug-likeness (QED) is 0.698. The summed E-state index contributed by atoms with van der Waals surface area (Å²) in [6, 6.07) is 9.72. The first-order valence-corrected chi connectivity index (χ1v) is 9.10. The van der Waals surface area contributed by atoms with Gasteiger partial charge in [-0.05, 0) is 5.56 Å². The zero-order valence-corrected chi connectivity index (χ0v) is 14.0. The number of nitrogens with one attached hydrogen (secondary N) is 1. The number of thioether (sulfide) groups is 2. The normalized spacial score (nSPS) is 10.4. The van der Waals surface area contributed by atoms with Gasteiger partial charge in [0.25, 0.3) is 0 Å². The number of rotatable bonds is 8. The minimum absolute atomic E-state index is 0.0598. The molecular weight excluding hydrogens is 340 g/mol. The van der Waals surface area contributed by atoms with Crippen molar-refractivity contribution in [3.05, 3.63) is 35.9 Å². The van der Waals surface area contributed by atoms with Crippen molar-refractivity contribution in [1.82, 2.24) is 15.5 Å². The van der Waals surface area contributed by atoms with Gasteiger partial charge in [0.15, 0.2) is 8.68 Å². The van der Waals surface area contributed by atoms with Crippen LogP contribution in [0.25, 0.3) is 0 Å². The number of primary amides is 1. The van der Waals surface area contributed by atoms with Crippen molar-refractivity contribution < 1.29 is 9.59 Å². The van der Waals surface area contributed by atoms with Crippen molar-refractivity contribution in [3.63, 3.8) is 0 Å². The molecule has 2 amide bonds. The van der Waals surface area contributed by atoms with Gasteiger partial charge in [0.2, 0.25) is 11.8 Å². The Bertz CT molecular complexity index is 633. The second-order valence-electron chi connectivity index (χ2n) is 4.14. The molecule has 1 heterocycles. The van der Waals surface area contributed by atoms with E-state index in [4.69, 9.17) is 5.73 Å². The summed E-state index contributed by atoms with van der Waals surface area (Å²) in [4.78, 5) is 22.5. The van der Waals surface area contributed by atoms with Crippen molar-refractivity contribution in [2.75, 3.05) is 11.5 Å². The summed E-state index contributed by atoms with van der Waals surface area (Å²) in [6.45, 7) is 0.510. The first-order valence-electron chi connectivity index (χ1n) is 6.31. The van der Waals surface area contributed by atoms with Gasteiger partial charge in [0.1, 0.15) is 0 Å². The molecule has 1 aromatic heterocycles. The van der Waals surface area contributed by atoms with Crippen LogP contribution in [0, 0.1) is 0 Å². The molecule has 0 fully saturated rings. The lowest BCUT2D eigenvalue weighted by Gasteiger charge is -2.03. The lowest BCUT2D eigenvalue weighted by molar-refractivity contribution is -0.118. The van der Waals surface area contributed by atoms with Crippen molar-refractivity contribution in [1.29, 1.82) is 0 Å². The highest BCUT2D eigenvalue weighted by atomic mass is 32.2. The molecule has 2 aromatic rings. The molecule has 0 unspecified atom stereocenters. The van der Waals surface area contributed by atoms with Gasteiger partial charge in [-0.2, -0.15) is 0 Å². The van der Waals surface area contributed by atoms with E-state index in [1.54, 1.807) is 0 Å².